The first-order chi connectivity index (χ1) is 12.9. The van der Waals surface area contributed by atoms with Crippen molar-refractivity contribution in [2.24, 2.45) is 0 Å². The van der Waals surface area contributed by atoms with Crippen molar-refractivity contribution in [1.29, 1.82) is 0 Å². The molecule has 0 radical (unpaired) electrons. The summed E-state index contributed by atoms with van der Waals surface area (Å²) in [6, 6.07) is 7.24. The minimum atomic E-state index is -3.03. The zero-order valence-electron chi connectivity index (χ0n) is 15.0. The summed E-state index contributed by atoms with van der Waals surface area (Å²) in [5.41, 5.74) is 0.998. The number of thioether (sulfide) groups is 1. The van der Waals surface area contributed by atoms with Gasteiger partial charge in [0.15, 0.2) is 9.84 Å². The number of ether oxygens (including phenoxy) is 1. The molecule has 2 unspecified atom stereocenters. The average Bonchev–Trinajstić information content (AvgIpc) is 3.21. The van der Waals surface area contributed by atoms with Crippen LogP contribution in [0.3, 0.4) is 0 Å². The Morgan fingerprint density at radius 3 is 2.78 bits per heavy atom. The lowest BCUT2D eigenvalue weighted by Crippen LogP contribution is -2.40. The highest BCUT2D eigenvalue weighted by atomic mass is 32.2. The van der Waals surface area contributed by atoms with Crippen molar-refractivity contribution in [1.82, 2.24) is 25.5 Å². The number of nitrogens with one attached hydrogen (secondary N) is 1. The van der Waals surface area contributed by atoms with Gasteiger partial charge in [0.25, 0.3) is 0 Å². The lowest BCUT2D eigenvalue weighted by Gasteiger charge is -2.15. The number of tetrazole rings is 1. The van der Waals surface area contributed by atoms with E-state index in [-0.39, 0.29) is 23.5 Å². The molecule has 1 aromatic heterocycles. The molecule has 0 aliphatic carbocycles. The summed E-state index contributed by atoms with van der Waals surface area (Å²) in [6.45, 7) is 2.21. The van der Waals surface area contributed by atoms with Crippen molar-refractivity contribution in [2.75, 3.05) is 18.6 Å². The van der Waals surface area contributed by atoms with Gasteiger partial charge in [-0.3, -0.25) is 4.79 Å². The molecule has 2 aromatic rings. The summed E-state index contributed by atoms with van der Waals surface area (Å²) in [5.74, 6) is 0.677. The highest BCUT2D eigenvalue weighted by Gasteiger charge is 2.30. The van der Waals surface area contributed by atoms with Gasteiger partial charge in [-0.1, -0.05) is 23.9 Å². The third-order valence-corrected chi connectivity index (χ3v) is 7.06. The van der Waals surface area contributed by atoms with Gasteiger partial charge in [0, 0.05) is 6.04 Å². The summed E-state index contributed by atoms with van der Waals surface area (Å²) in [6.07, 6.45) is 0.459. The molecule has 146 valence electrons. The van der Waals surface area contributed by atoms with E-state index in [4.69, 9.17) is 4.74 Å². The third kappa shape index (κ3) is 5.19. The van der Waals surface area contributed by atoms with Crippen LogP contribution in [-0.4, -0.2) is 64.4 Å². The van der Waals surface area contributed by atoms with Gasteiger partial charge >= 0.3 is 0 Å². The first-order valence-electron chi connectivity index (χ1n) is 8.43. The average molecular weight is 412 g/mol. The van der Waals surface area contributed by atoms with Crippen molar-refractivity contribution in [3.63, 3.8) is 0 Å². The number of benzene rings is 1. The van der Waals surface area contributed by atoms with Gasteiger partial charge in [0.1, 0.15) is 5.75 Å². The van der Waals surface area contributed by atoms with E-state index in [1.165, 1.54) is 11.8 Å². The topological polar surface area (TPSA) is 116 Å². The SMILES string of the molecule is COc1ccc(Cn2nnnc2SC(C)C(=O)NC2CCS(=O)(=O)C2)cc1. The van der Waals surface area contributed by atoms with E-state index in [0.717, 1.165) is 11.3 Å². The van der Waals surface area contributed by atoms with Crippen molar-refractivity contribution >= 4 is 27.5 Å². The Kier molecular flexibility index (Phi) is 6.00. The minimum Gasteiger partial charge on any atom is -0.497 e. The molecule has 1 N–H and O–H groups in total. The largest absolute Gasteiger partial charge is 0.497 e. The molecule has 2 heterocycles. The molecule has 0 saturated carbocycles. The highest BCUT2D eigenvalue weighted by molar-refractivity contribution is 8.00. The van der Waals surface area contributed by atoms with Gasteiger partial charge in [0.2, 0.25) is 11.1 Å². The van der Waals surface area contributed by atoms with Crippen molar-refractivity contribution in [3.8, 4) is 5.75 Å². The van der Waals surface area contributed by atoms with Crippen LogP contribution in [0.2, 0.25) is 0 Å². The number of methoxy groups -OCH3 is 1. The molecule has 11 heteroatoms. The number of carbonyl (C=O) groups excluding carboxylic acids is 1. The number of hydrogen-bond acceptors (Lipinski definition) is 8. The van der Waals surface area contributed by atoms with Crippen molar-refractivity contribution < 1.29 is 17.9 Å². The van der Waals surface area contributed by atoms with Crippen LogP contribution in [-0.2, 0) is 21.2 Å². The van der Waals surface area contributed by atoms with Gasteiger partial charge in [-0.25, -0.2) is 13.1 Å². The summed E-state index contributed by atoms with van der Waals surface area (Å²) in [7, 11) is -1.42. The molecule has 1 saturated heterocycles. The molecule has 1 amide bonds. The summed E-state index contributed by atoms with van der Waals surface area (Å²) >= 11 is 1.24. The fourth-order valence-electron chi connectivity index (χ4n) is 2.72. The molecule has 9 nitrogen and oxygen atoms in total. The molecule has 1 aliphatic heterocycles. The second-order valence-corrected chi connectivity index (χ2v) is 9.87. The predicted molar refractivity (Wildman–Crippen MR) is 100 cm³/mol. The van der Waals surface area contributed by atoms with E-state index in [2.05, 4.69) is 20.8 Å². The van der Waals surface area contributed by atoms with Gasteiger partial charge < -0.3 is 10.1 Å². The Hall–Kier alpha value is -2.14. The van der Waals surface area contributed by atoms with Crippen molar-refractivity contribution in [3.05, 3.63) is 29.8 Å². The molecule has 0 bridgehead atoms. The number of carbonyl (C=O) groups is 1. The van der Waals surface area contributed by atoms with Gasteiger partial charge in [-0.2, -0.15) is 0 Å². The van der Waals surface area contributed by atoms with E-state index in [0.29, 0.717) is 18.1 Å². The molecular formula is C16H21N5O4S2. The molecule has 2 atom stereocenters. The summed E-state index contributed by atoms with van der Waals surface area (Å²) < 4.78 is 29.8. The van der Waals surface area contributed by atoms with E-state index in [1.54, 1.807) is 18.7 Å². The number of rotatable bonds is 7. The summed E-state index contributed by atoms with van der Waals surface area (Å²) in [5, 5.41) is 14.5. The van der Waals surface area contributed by atoms with E-state index in [1.807, 2.05) is 24.3 Å². The molecule has 1 fully saturated rings. The van der Waals surface area contributed by atoms with Crippen LogP contribution < -0.4 is 10.1 Å². The zero-order valence-corrected chi connectivity index (χ0v) is 16.7. The fraction of sp³-hybridized carbons (Fsp3) is 0.500. The van der Waals surface area contributed by atoms with Crippen LogP contribution >= 0.6 is 11.8 Å². The van der Waals surface area contributed by atoms with Crippen LogP contribution in [0.25, 0.3) is 0 Å². The number of sulfone groups is 1. The number of aromatic nitrogens is 4. The van der Waals surface area contributed by atoms with Crippen LogP contribution in [0.4, 0.5) is 0 Å². The molecule has 0 spiro atoms. The predicted octanol–water partition coefficient (Wildman–Crippen LogP) is 0.514. The molecule has 3 rings (SSSR count). The van der Waals surface area contributed by atoms with E-state index >= 15 is 0 Å². The molecule has 1 aromatic carbocycles. The molecule has 27 heavy (non-hydrogen) atoms. The second kappa shape index (κ2) is 8.26. The highest BCUT2D eigenvalue weighted by Crippen LogP contribution is 2.22. The zero-order chi connectivity index (χ0) is 19.4. The van der Waals surface area contributed by atoms with Gasteiger partial charge in [-0.15, -0.1) is 5.10 Å². The Morgan fingerprint density at radius 1 is 1.41 bits per heavy atom. The lowest BCUT2D eigenvalue weighted by atomic mass is 10.2. The van der Waals surface area contributed by atoms with Crippen LogP contribution in [0.15, 0.2) is 29.4 Å². The second-order valence-electron chi connectivity index (χ2n) is 6.34. The monoisotopic (exact) mass is 411 g/mol. The Bertz CT molecular complexity index is 898. The van der Waals surface area contributed by atoms with Gasteiger partial charge in [-0.05, 0) is 41.5 Å². The molecular weight excluding hydrogens is 390 g/mol. The van der Waals surface area contributed by atoms with Crippen molar-refractivity contribution in [2.45, 2.75) is 36.3 Å². The van der Waals surface area contributed by atoms with E-state index in [9.17, 15) is 13.2 Å². The third-order valence-electron chi connectivity index (χ3n) is 4.22. The number of hydrogen-bond donors (Lipinski definition) is 1. The normalized spacial score (nSPS) is 19.6. The maximum atomic E-state index is 12.4. The Morgan fingerprint density at radius 2 is 2.15 bits per heavy atom. The van der Waals surface area contributed by atoms with Crippen LogP contribution in [0.5, 0.6) is 5.75 Å². The summed E-state index contributed by atoms with van der Waals surface area (Å²) in [4.78, 5) is 12.4. The smallest absolute Gasteiger partial charge is 0.233 e. The first-order valence-corrected chi connectivity index (χ1v) is 11.1. The Labute approximate surface area is 161 Å². The fourth-order valence-corrected chi connectivity index (χ4v) is 5.19. The maximum absolute atomic E-state index is 12.4. The quantitative estimate of drug-likeness (QED) is 0.655. The maximum Gasteiger partial charge on any atom is 0.233 e. The van der Waals surface area contributed by atoms with Crippen LogP contribution in [0.1, 0.15) is 18.9 Å². The number of nitrogens with zero attached hydrogens (tertiary/aromatic N) is 4. The molecule has 1 aliphatic rings. The Balaban J connectivity index is 1.59. The van der Waals surface area contributed by atoms with Crippen LogP contribution in [0, 0.1) is 0 Å². The number of amides is 1. The van der Waals surface area contributed by atoms with Gasteiger partial charge in [0.05, 0.1) is 30.4 Å². The van der Waals surface area contributed by atoms with E-state index < -0.39 is 15.1 Å². The first kappa shape index (κ1) is 19.6. The standard InChI is InChI=1S/C16H21N5O4S2/c1-11(15(22)17-13-7-8-27(23,24)10-13)26-16-18-19-20-21(16)9-12-3-5-14(25-2)6-4-12/h3-6,11,13H,7-10H2,1-2H3,(H,17,22). The minimum absolute atomic E-state index is 0.00529. The lowest BCUT2D eigenvalue weighted by molar-refractivity contribution is -0.120.